The van der Waals surface area contributed by atoms with Gasteiger partial charge < -0.3 is 38.4 Å². The van der Waals surface area contributed by atoms with Crippen LogP contribution >= 0.6 is 0 Å². The Labute approximate surface area is 288 Å². The molecule has 0 aromatic heterocycles. The van der Waals surface area contributed by atoms with Crippen molar-refractivity contribution < 1.29 is 38.3 Å². The summed E-state index contributed by atoms with van der Waals surface area (Å²) in [5, 5.41) is 8.98. The van der Waals surface area contributed by atoms with E-state index in [9.17, 15) is 4.79 Å². The smallest absolute Gasteiger partial charge is 0.288 e. The van der Waals surface area contributed by atoms with E-state index in [-0.39, 0.29) is 31.1 Å². The summed E-state index contributed by atoms with van der Waals surface area (Å²) in [5.41, 5.74) is 7.51. The van der Waals surface area contributed by atoms with Crippen LogP contribution in [0.15, 0.2) is 72.5 Å². The van der Waals surface area contributed by atoms with Crippen molar-refractivity contribution in [3.8, 4) is 22.6 Å². The van der Waals surface area contributed by atoms with Gasteiger partial charge in [0.15, 0.2) is 17.3 Å². The maximum absolute atomic E-state index is 14.1. The van der Waals surface area contributed by atoms with Crippen LogP contribution in [0.25, 0.3) is 11.1 Å². The summed E-state index contributed by atoms with van der Waals surface area (Å²) in [4.78, 5) is 18.4. The van der Waals surface area contributed by atoms with Gasteiger partial charge in [-0.2, -0.15) is 0 Å². The molecule has 4 aliphatic rings. The van der Waals surface area contributed by atoms with E-state index < -0.39 is 6.29 Å². The minimum atomic E-state index is -0.597. The quantitative estimate of drug-likeness (QED) is 0.191. The molecular formula is C39H46N2O8. The first-order valence-electron chi connectivity index (χ1n) is 17.5. The number of nitrogens with zero attached hydrogens (tertiary/aromatic N) is 2. The van der Waals surface area contributed by atoms with Crippen LogP contribution in [-0.2, 0) is 36.7 Å². The van der Waals surface area contributed by atoms with Gasteiger partial charge in [-0.25, -0.2) is 0 Å². The molecule has 3 aromatic carbocycles. The molecule has 1 N–H and O–H groups in total. The van der Waals surface area contributed by atoms with E-state index in [0.29, 0.717) is 58.3 Å². The Balaban J connectivity index is 1.09. The van der Waals surface area contributed by atoms with Gasteiger partial charge in [-0.1, -0.05) is 48.5 Å². The lowest BCUT2D eigenvalue weighted by Gasteiger charge is -2.40. The number of aliphatic hydroxyl groups is 1. The molecule has 3 aliphatic heterocycles. The molecule has 10 nitrogen and oxygen atoms in total. The number of benzene rings is 3. The van der Waals surface area contributed by atoms with Crippen LogP contribution in [0.5, 0.6) is 11.5 Å². The number of hydrogen-bond donors (Lipinski definition) is 1. The van der Waals surface area contributed by atoms with Crippen molar-refractivity contribution in [3.05, 3.63) is 94.8 Å². The molecule has 3 heterocycles. The third-order valence-corrected chi connectivity index (χ3v) is 9.88. The Hall–Kier alpha value is -3.93. The molecule has 7 rings (SSSR count). The highest BCUT2D eigenvalue weighted by Crippen LogP contribution is 2.46. The molecule has 3 unspecified atom stereocenters. The van der Waals surface area contributed by atoms with E-state index in [1.165, 1.54) is 27.8 Å². The van der Waals surface area contributed by atoms with Crippen molar-refractivity contribution in [1.82, 2.24) is 9.80 Å². The minimum absolute atomic E-state index is 0.00731. The van der Waals surface area contributed by atoms with Crippen molar-refractivity contribution >= 4 is 5.91 Å². The summed E-state index contributed by atoms with van der Waals surface area (Å²) in [6.45, 7) is 7.86. The zero-order valence-corrected chi connectivity index (χ0v) is 28.2. The van der Waals surface area contributed by atoms with Crippen molar-refractivity contribution in [2.75, 3.05) is 72.6 Å². The normalized spacial score (nSPS) is 21.2. The fourth-order valence-electron chi connectivity index (χ4n) is 7.45. The maximum atomic E-state index is 14.1. The van der Waals surface area contributed by atoms with Crippen molar-refractivity contribution in [1.29, 1.82) is 0 Å². The number of hydrogen-bond acceptors (Lipinski definition) is 9. The number of amides is 1. The lowest BCUT2D eigenvalue weighted by molar-refractivity contribution is -0.172. The third-order valence-electron chi connectivity index (χ3n) is 9.88. The fourth-order valence-corrected chi connectivity index (χ4v) is 7.45. The van der Waals surface area contributed by atoms with Crippen LogP contribution in [0.4, 0.5) is 0 Å². The monoisotopic (exact) mass is 670 g/mol. The average molecular weight is 671 g/mol. The number of carbonyl (C=O) groups excluding carboxylic acids is 1. The number of rotatable bonds is 14. The fraction of sp³-hybridized carbons (Fsp3) is 0.462. The Kier molecular flexibility index (Phi) is 10.8. The highest BCUT2D eigenvalue weighted by Gasteiger charge is 2.41. The van der Waals surface area contributed by atoms with Gasteiger partial charge in [0.25, 0.3) is 5.91 Å². The largest absolute Gasteiger partial charge is 0.459 e. The van der Waals surface area contributed by atoms with Crippen molar-refractivity contribution in [2.45, 2.75) is 38.5 Å². The number of allylic oxidation sites excluding steroid dienone is 1. The van der Waals surface area contributed by atoms with Gasteiger partial charge in [0.2, 0.25) is 13.1 Å². The predicted octanol–water partition coefficient (Wildman–Crippen LogP) is 4.72. The average Bonchev–Trinajstić information content (AvgIpc) is 3.76. The molecule has 1 amide bonds. The van der Waals surface area contributed by atoms with E-state index in [1.54, 1.807) is 0 Å². The molecule has 0 spiro atoms. The molecular weight excluding hydrogens is 624 g/mol. The van der Waals surface area contributed by atoms with Crippen molar-refractivity contribution in [3.63, 3.8) is 0 Å². The first-order valence-corrected chi connectivity index (χ1v) is 17.5. The second-order valence-electron chi connectivity index (χ2n) is 12.9. The van der Waals surface area contributed by atoms with Gasteiger partial charge in [0, 0.05) is 57.8 Å². The van der Waals surface area contributed by atoms with Crippen LogP contribution < -0.4 is 9.47 Å². The van der Waals surface area contributed by atoms with Gasteiger partial charge in [0.05, 0.1) is 26.4 Å². The summed E-state index contributed by atoms with van der Waals surface area (Å²) in [7, 11) is 0. The van der Waals surface area contributed by atoms with E-state index >= 15 is 0 Å². The highest BCUT2D eigenvalue weighted by molar-refractivity contribution is 5.92. The molecule has 1 saturated heterocycles. The summed E-state index contributed by atoms with van der Waals surface area (Å²) in [6, 6.07) is 21.2. The van der Waals surface area contributed by atoms with Gasteiger partial charge in [-0.3, -0.25) is 9.69 Å². The first-order chi connectivity index (χ1) is 24.1. The van der Waals surface area contributed by atoms with Gasteiger partial charge in [-0.15, -0.1) is 0 Å². The summed E-state index contributed by atoms with van der Waals surface area (Å²) in [5.74, 6) is 1.67. The third kappa shape index (κ3) is 7.49. The first kappa shape index (κ1) is 33.6. The summed E-state index contributed by atoms with van der Waals surface area (Å²) < 4.78 is 35.1. The predicted molar refractivity (Wildman–Crippen MR) is 183 cm³/mol. The van der Waals surface area contributed by atoms with Crippen molar-refractivity contribution in [2.24, 2.45) is 5.92 Å². The number of carbonyl (C=O) groups is 1. The second-order valence-corrected chi connectivity index (χ2v) is 12.9. The topological polar surface area (TPSA) is 99.2 Å². The lowest BCUT2D eigenvalue weighted by atomic mass is 9.78. The van der Waals surface area contributed by atoms with E-state index in [1.807, 2.05) is 30.0 Å². The molecule has 3 atom stereocenters. The van der Waals surface area contributed by atoms with Crippen LogP contribution in [-0.4, -0.2) is 99.7 Å². The standard InChI is InChI=1S/C39H46N2O8/c1-2-46-39-32(12-18-44-20-21-45-19-17-42)34(31-9-5-8-30-29-7-4-3-6-28(29)23-33(30)31)24-37(49-39)38(43)41-15-13-40(14-16-41)25-27-10-11-35-36(22-27)48-26-47-35/h3-11,22,24,32,34,39,42H,2,12-21,23,25-26H2,1H3. The van der Waals surface area contributed by atoms with Crippen LogP contribution in [0, 0.1) is 5.92 Å². The minimum Gasteiger partial charge on any atom is -0.459 e. The SMILES string of the molecule is CCOC1OC(C(=O)N2CCN(Cc3ccc4c(c3)OCO4)CC2)=CC(c2cccc3c2Cc2ccccc2-3)C1CCOCCOCCO. The van der Waals surface area contributed by atoms with Gasteiger partial charge in [0.1, 0.15) is 0 Å². The lowest BCUT2D eigenvalue weighted by Crippen LogP contribution is -2.50. The Morgan fingerprint density at radius 1 is 0.898 bits per heavy atom. The number of fused-ring (bicyclic) bond motifs is 4. The number of piperazine rings is 1. The number of ether oxygens (including phenoxy) is 6. The molecule has 3 aromatic rings. The molecule has 0 bridgehead atoms. The summed E-state index contributed by atoms with van der Waals surface area (Å²) >= 11 is 0. The van der Waals surface area contributed by atoms with Crippen LogP contribution in [0.3, 0.4) is 0 Å². The Morgan fingerprint density at radius 3 is 2.53 bits per heavy atom. The molecule has 10 heteroatoms. The zero-order chi connectivity index (χ0) is 33.6. The Morgan fingerprint density at radius 2 is 1.69 bits per heavy atom. The maximum Gasteiger partial charge on any atom is 0.288 e. The molecule has 1 fully saturated rings. The van der Waals surface area contributed by atoms with E-state index in [0.717, 1.165) is 43.1 Å². The zero-order valence-electron chi connectivity index (χ0n) is 28.2. The van der Waals surface area contributed by atoms with Crippen LogP contribution in [0.2, 0.25) is 0 Å². The summed E-state index contributed by atoms with van der Waals surface area (Å²) in [6.07, 6.45) is 2.99. The molecule has 49 heavy (non-hydrogen) atoms. The van der Waals surface area contributed by atoms with Crippen LogP contribution in [0.1, 0.15) is 41.5 Å². The van der Waals surface area contributed by atoms with E-state index in [4.69, 9.17) is 33.5 Å². The van der Waals surface area contributed by atoms with Gasteiger partial charge in [-0.05, 0) is 71.4 Å². The molecule has 1 aliphatic carbocycles. The molecule has 260 valence electrons. The Bertz CT molecular complexity index is 1630. The molecule has 0 radical (unpaired) electrons. The second kappa shape index (κ2) is 15.7. The molecule has 0 saturated carbocycles. The van der Waals surface area contributed by atoms with Gasteiger partial charge >= 0.3 is 0 Å². The highest BCUT2D eigenvalue weighted by atomic mass is 16.7. The number of aliphatic hydroxyl groups excluding tert-OH is 1. The van der Waals surface area contributed by atoms with E-state index in [2.05, 4.69) is 53.4 Å².